The highest BCUT2D eigenvalue weighted by atomic mass is 16.3. The van der Waals surface area contributed by atoms with Crippen molar-refractivity contribution < 1.29 is 14.7 Å². The summed E-state index contributed by atoms with van der Waals surface area (Å²) >= 11 is 0. The van der Waals surface area contributed by atoms with Gasteiger partial charge in [-0.15, -0.1) is 0 Å². The van der Waals surface area contributed by atoms with E-state index in [1.807, 2.05) is 38.1 Å². The predicted molar refractivity (Wildman–Crippen MR) is 85.6 cm³/mol. The maximum atomic E-state index is 12.5. The summed E-state index contributed by atoms with van der Waals surface area (Å²) in [6.07, 6.45) is 0.176. The first-order valence-corrected chi connectivity index (χ1v) is 7.77. The van der Waals surface area contributed by atoms with Crippen LogP contribution in [0.2, 0.25) is 0 Å². The van der Waals surface area contributed by atoms with E-state index >= 15 is 0 Å². The number of nitrogens with one attached hydrogen (secondary N) is 1. The molecule has 0 aromatic heterocycles. The topological polar surface area (TPSA) is 69.6 Å². The molecule has 2 atom stereocenters. The number of fused-ring (bicyclic) bond motifs is 1. The quantitative estimate of drug-likeness (QED) is 0.866. The van der Waals surface area contributed by atoms with Gasteiger partial charge in [-0.2, -0.15) is 0 Å². The Balaban J connectivity index is 1.95. The Bertz CT molecular complexity index is 557. The van der Waals surface area contributed by atoms with Crippen molar-refractivity contribution in [2.24, 2.45) is 5.92 Å². The number of benzene rings is 1. The van der Waals surface area contributed by atoms with Gasteiger partial charge < -0.3 is 15.3 Å². The van der Waals surface area contributed by atoms with Gasteiger partial charge >= 0.3 is 0 Å². The van der Waals surface area contributed by atoms with Crippen LogP contribution < -0.4 is 10.2 Å². The van der Waals surface area contributed by atoms with Gasteiger partial charge in [0.05, 0.1) is 12.5 Å². The fraction of sp³-hybridized carbons (Fsp3) is 0.529. The summed E-state index contributed by atoms with van der Waals surface area (Å²) in [6.45, 7) is 6.04. The number of nitrogens with zero attached hydrogens (tertiary/aromatic N) is 1. The number of rotatable bonds is 5. The van der Waals surface area contributed by atoms with Crippen LogP contribution in [0.4, 0.5) is 5.69 Å². The number of anilines is 1. The molecule has 0 fully saturated rings. The molecular weight excluding hydrogens is 280 g/mol. The highest BCUT2D eigenvalue weighted by molar-refractivity contribution is 6.00. The molecule has 2 amide bonds. The van der Waals surface area contributed by atoms with Crippen molar-refractivity contribution in [3.63, 3.8) is 0 Å². The fourth-order valence-corrected chi connectivity index (χ4v) is 2.59. The molecule has 2 unspecified atom stereocenters. The molecule has 1 aliphatic heterocycles. The molecule has 0 aliphatic carbocycles. The van der Waals surface area contributed by atoms with E-state index < -0.39 is 12.1 Å². The second-order valence-electron chi connectivity index (χ2n) is 6.17. The molecule has 120 valence electrons. The zero-order valence-corrected chi connectivity index (χ0v) is 13.4. The van der Waals surface area contributed by atoms with Crippen LogP contribution in [0.1, 0.15) is 32.8 Å². The molecule has 2 N–H and O–H groups in total. The molecule has 22 heavy (non-hydrogen) atoms. The average molecular weight is 304 g/mol. The Labute approximate surface area is 131 Å². The third kappa shape index (κ3) is 3.65. The molecule has 1 aliphatic rings. The summed E-state index contributed by atoms with van der Waals surface area (Å²) in [4.78, 5) is 26.1. The van der Waals surface area contributed by atoms with Crippen molar-refractivity contribution >= 4 is 17.5 Å². The van der Waals surface area contributed by atoms with Crippen molar-refractivity contribution in [3.05, 3.63) is 29.8 Å². The van der Waals surface area contributed by atoms with E-state index in [2.05, 4.69) is 5.32 Å². The van der Waals surface area contributed by atoms with Crippen molar-refractivity contribution in [1.82, 2.24) is 5.32 Å². The largest absolute Gasteiger partial charge is 0.392 e. The molecule has 0 radical (unpaired) electrons. The second-order valence-corrected chi connectivity index (χ2v) is 6.17. The Morgan fingerprint density at radius 1 is 1.27 bits per heavy atom. The molecule has 1 aromatic carbocycles. The molecule has 2 rings (SSSR count). The summed E-state index contributed by atoms with van der Waals surface area (Å²) in [7, 11) is 0. The Hall–Kier alpha value is -1.88. The number of amides is 2. The average Bonchev–Trinajstić information content (AvgIpc) is 2.89. The van der Waals surface area contributed by atoms with Crippen molar-refractivity contribution in [1.29, 1.82) is 0 Å². The van der Waals surface area contributed by atoms with E-state index in [1.165, 1.54) is 0 Å². The summed E-state index contributed by atoms with van der Waals surface area (Å²) in [5, 5.41) is 12.4. The van der Waals surface area contributed by atoms with Gasteiger partial charge in [0.1, 0.15) is 6.04 Å². The van der Waals surface area contributed by atoms with Crippen LogP contribution in [0.3, 0.4) is 0 Å². The Morgan fingerprint density at radius 2 is 1.95 bits per heavy atom. The number of hydrogen-bond acceptors (Lipinski definition) is 3. The maximum Gasteiger partial charge on any atom is 0.249 e. The van der Waals surface area contributed by atoms with Crippen molar-refractivity contribution in [2.45, 2.75) is 45.8 Å². The van der Waals surface area contributed by atoms with Crippen LogP contribution in [-0.4, -0.2) is 35.6 Å². The molecule has 0 saturated heterocycles. The number of aliphatic hydroxyl groups excluding tert-OH is 1. The van der Waals surface area contributed by atoms with Gasteiger partial charge in [0, 0.05) is 12.2 Å². The van der Waals surface area contributed by atoms with E-state index in [9.17, 15) is 14.7 Å². The first-order chi connectivity index (χ1) is 10.4. The lowest BCUT2D eigenvalue weighted by Crippen LogP contribution is -2.47. The molecule has 1 heterocycles. The van der Waals surface area contributed by atoms with Gasteiger partial charge in [-0.3, -0.25) is 9.59 Å². The zero-order chi connectivity index (χ0) is 16.3. The number of aliphatic hydroxyl groups is 1. The van der Waals surface area contributed by atoms with Crippen LogP contribution in [0.25, 0.3) is 0 Å². The van der Waals surface area contributed by atoms with Crippen LogP contribution in [0, 0.1) is 5.92 Å². The fourth-order valence-electron chi connectivity index (χ4n) is 2.59. The third-order valence-electron chi connectivity index (χ3n) is 4.07. The van der Waals surface area contributed by atoms with Gasteiger partial charge in [0.2, 0.25) is 11.8 Å². The molecule has 0 spiro atoms. The molecule has 5 heteroatoms. The lowest BCUT2D eigenvalue weighted by Gasteiger charge is -2.23. The molecule has 0 bridgehead atoms. The maximum absolute atomic E-state index is 12.5. The molecule has 5 nitrogen and oxygen atoms in total. The van der Waals surface area contributed by atoms with Gasteiger partial charge in [-0.05, 0) is 30.9 Å². The zero-order valence-electron chi connectivity index (χ0n) is 13.4. The van der Waals surface area contributed by atoms with Gasteiger partial charge in [0.25, 0.3) is 0 Å². The highest BCUT2D eigenvalue weighted by Crippen LogP contribution is 2.27. The van der Waals surface area contributed by atoms with Gasteiger partial charge in [0.15, 0.2) is 0 Å². The summed E-state index contributed by atoms with van der Waals surface area (Å²) in [5.41, 5.74) is 2.08. The lowest BCUT2D eigenvalue weighted by molar-refractivity contribution is -0.128. The lowest BCUT2D eigenvalue weighted by atomic mass is 10.0. The standard InChI is InChI=1S/C17H24N2O3/c1-11(2)15(20)10-16(21)18-12(3)17(22)19-9-8-13-6-4-5-7-14(13)19/h4-7,11-12,15,20H,8-10H2,1-3H3,(H,18,21). The first kappa shape index (κ1) is 16.5. The molecule has 0 saturated carbocycles. The van der Waals surface area contributed by atoms with E-state index in [1.54, 1.807) is 11.8 Å². The second kappa shape index (κ2) is 6.92. The SMILES string of the molecule is CC(NC(=O)CC(O)C(C)C)C(=O)N1CCc2ccccc21. The molecule has 1 aromatic rings. The predicted octanol–water partition coefficient (Wildman–Crippen LogP) is 1.49. The van der Waals surface area contributed by atoms with Gasteiger partial charge in [-0.25, -0.2) is 0 Å². The number of carbonyl (C=O) groups is 2. The van der Waals surface area contributed by atoms with E-state index in [0.29, 0.717) is 6.54 Å². The Morgan fingerprint density at radius 3 is 2.64 bits per heavy atom. The van der Waals surface area contributed by atoms with E-state index in [0.717, 1.165) is 17.7 Å². The smallest absolute Gasteiger partial charge is 0.249 e. The minimum Gasteiger partial charge on any atom is -0.392 e. The van der Waals surface area contributed by atoms with Crippen molar-refractivity contribution in [2.75, 3.05) is 11.4 Å². The normalized spacial score (nSPS) is 16.3. The minimum absolute atomic E-state index is 0.0159. The summed E-state index contributed by atoms with van der Waals surface area (Å²) < 4.78 is 0. The van der Waals surface area contributed by atoms with Crippen LogP contribution >= 0.6 is 0 Å². The van der Waals surface area contributed by atoms with Crippen molar-refractivity contribution in [3.8, 4) is 0 Å². The van der Waals surface area contributed by atoms with Gasteiger partial charge in [-0.1, -0.05) is 32.0 Å². The third-order valence-corrected chi connectivity index (χ3v) is 4.07. The number of hydrogen-bond donors (Lipinski definition) is 2. The van der Waals surface area contributed by atoms with E-state index in [-0.39, 0.29) is 24.2 Å². The van der Waals surface area contributed by atoms with Crippen LogP contribution in [0.5, 0.6) is 0 Å². The van der Waals surface area contributed by atoms with Crippen LogP contribution in [-0.2, 0) is 16.0 Å². The Kier molecular flexibility index (Phi) is 5.19. The number of para-hydroxylation sites is 1. The highest BCUT2D eigenvalue weighted by Gasteiger charge is 2.28. The summed E-state index contributed by atoms with van der Waals surface area (Å²) in [5.74, 6) is -0.394. The number of carbonyl (C=O) groups excluding carboxylic acids is 2. The molecular formula is C17H24N2O3. The minimum atomic E-state index is -0.685. The monoisotopic (exact) mass is 304 g/mol. The first-order valence-electron chi connectivity index (χ1n) is 7.77. The van der Waals surface area contributed by atoms with E-state index in [4.69, 9.17) is 0 Å². The summed E-state index contributed by atoms with van der Waals surface area (Å²) in [6, 6.07) is 7.22. The van der Waals surface area contributed by atoms with Crippen LogP contribution in [0.15, 0.2) is 24.3 Å².